The van der Waals surface area contributed by atoms with Crippen molar-refractivity contribution in [1.82, 2.24) is 5.32 Å². The van der Waals surface area contributed by atoms with Gasteiger partial charge in [0.05, 0.1) is 19.5 Å². The van der Waals surface area contributed by atoms with Crippen molar-refractivity contribution < 1.29 is 28.2 Å². The highest BCUT2D eigenvalue weighted by Gasteiger charge is 2.18. The van der Waals surface area contributed by atoms with E-state index in [1.807, 2.05) is 0 Å². The molecule has 43 heavy (non-hydrogen) atoms. The molecule has 0 spiro atoms. The van der Waals surface area contributed by atoms with Crippen LogP contribution in [0.15, 0.2) is 108 Å². The maximum absolute atomic E-state index is 14.4. The SMILES string of the molecule is COc1cc(NC(=O)C(C)Sc2ccc(NC(=O)/C(=C/c3ccccc3F)NC(=O)c3ccccc3)cc2)cc(OC)c1. The molecule has 4 aromatic carbocycles. The number of benzene rings is 4. The van der Waals surface area contributed by atoms with E-state index in [9.17, 15) is 18.8 Å². The lowest BCUT2D eigenvalue weighted by Gasteiger charge is -2.14. The van der Waals surface area contributed by atoms with E-state index in [0.717, 1.165) is 4.90 Å². The van der Waals surface area contributed by atoms with Gasteiger partial charge in [-0.25, -0.2) is 4.39 Å². The lowest BCUT2D eigenvalue weighted by atomic mass is 10.1. The molecule has 3 N–H and O–H groups in total. The summed E-state index contributed by atoms with van der Waals surface area (Å²) in [6, 6.07) is 26.3. The molecule has 0 aliphatic rings. The van der Waals surface area contributed by atoms with Crippen molar-refractivity contribution in [2.24, 2.45) is 0 Å². The summed E-state index contributed by atoms with van der Waals surface area (Å²) < 4.78 is 24.9. The van der Waals surface area contributed by atoms with Gasteiger partial charge in [-0.15, -0.1) is 11.8 Å². The van der Waals surface area contributed by atoms with Crippen LogP contribution in [-0.4, -0.2) is 37.2 Å². The predicted octanol–water partition coefficient (Wildman–Crippen LogP) is 6.37. The summed E-state index contributed by atoms with van der Waals surface area (Å²) in [6.07, 6.45) is 1.29. The molecular weight excluding hydrogens is 569 g/mol. The number of anilines is 2. The summed E-state index contributed by atoms with van der Waals surface area (Å²) in [6.45, 7) is 1.78. The maximum atomic E-state index is 14.4. The molecule has 0 aliphatic heterocycles. The molecule has 220 valence electrons. The quantitative estimate of drug-likeness (QED) is 0.137. The largest absolute Gasteiger partial charge is 0.497 e. The van der Waals surface area contributed by atoms with Crippen LogP contribution in [0.5, 0.6) is 11.5 Å². The van der Waals surface area contributed by atoms with Crippen LogP contribution in [0.1, 0.15) is 22.8 Å². The van der Waals surface area contributed by atoms with Crippen LogP contribution < -0.4 is 25.4 Å². The minimum absolute atomic E-state index is 0.128. The Labute approximate surface area is 253 Å². The fourth-order valence-corrected chi connectivity index (χ4v) is 4.75. The van der Waals surface area contributed by atoms with E-state index in [-0.39, 0.29) is 17.2 Å². The number of ether oxygens (including phenoxy) is 2. The third-order valence-corrected chi connectivity index (χ3v) is 7.26. The molecule has 0 radical (unpaired) electrons. The number of nitrogens with one attached hydrogen (secondary N) is 3. The molecule has 0 aliphatic carbocycles. The first-order chi connectivity index (χ1) is 20.7. The van der Waals surface area contributed by atoms with E-state index < -0.39 is 22.9 Å². The predicted molar refractivity (Wildman–Crippen MR) is 167 cm³/mol. The van der Waals surface area contributed by atoms with Crippen LogP contribution in [0.4, 0.5) is 15.8 Å². The molecule has 10 heteroatoms. The van der Waals surface area contributed by atoms with E-state index in [1.165, 1.54) is 50.3 Å². The standard InChI is InChI=1S/C33H30FN3O5S/c1-21(31(38)36-25-18-26(41-2)20-27(19-25)42-3)43-28-15-13-24(14-16-28)35-33(40)30(17-23-11-7-8-12-29(23)34)37-32(39)22-9-5-4-6-10-22/h4-21H,1-3H3,(H,35,40)(H,36,38)(H,37,39)/b30-17-. The second kappa shape index (κ2) is 14.7. The highest BCUT2D eigenvalue weighted by molar-refractivity contribution is 8.00. The Morgan fingerprint density at radius 1 is 0.791 bits per heavy atom. The fourth-order valence-electron chi connectivity index (χ4n) is 3.89. The summed E-state index contributed by atoms with van der Waals surface area (Å²) in [5.74, 6) is -0.779. The lowest BCUT2D eigenvalue weighted by Crippen LogP contribution is -2.30. The summed E-state index contributed by atoms with van der Waals surface area (Å²) in [4.78, 5) is 39.6. The number of methoxy groups -OCH3 is 2. The van der Waals surface area contributed by atoms with Crippen molar-refractivity contribution >= 4 is 46.9 Å². The average Bonchev–Trinajstić information content (AvgIpc) is 3.02. The van der Waals surface area contributed by atoms with E-state index in [4.69, 9.17) is 9.47 Å². The Hall–Kier alpha value is -5.09. The second-order valence-electron chi connectivity index (χ2n) is 9.23. The molecule has 0 aromatic heterocycles. The zero-order valence-electron chi connectivity index (χ0n) is 23.7. The molecule has 4 rings (SSSR count). The van der Waals surface area contributed by atoms with Gasteiger partial charge in [0.2, 0.25) is 5.91 Å². The number of hydrogen-bond donors (Lipinski definition) is 3. The van der Waals surface area contributed by atoms with Crippen LogP contribution in [0.3, 0.4) is 0 Å². The third-order valence-electron chi connectivity index (χ3n) is 6.15. The van der Waals surface area contributed by atoms with E-state index in [0.29, 0.717) is 28.4 Å². The molecule has 0 saturated carbocycles. The highest BCUT2D eigenvalue weighted by Crippen LogP contribution is 2.29. The van der Waals surface area contributed by atoms with Gasteiger partial charge in [-0.05, 0) is 55.5 Å². The Kier molecular flexibility index (Phi) is 10.5. The molecule has 4 aromatic rings. The number of halogens is 1. The number of amides is 3. The lowest BCUT2D eigenvalue weighted by molar-refractivity contribution is -0.115. The van der Waals surface area contributed by atoms with Crippen LogP contribution in [0.2, 0.25) is 0 Å². The van der Waals surface area contributed by atoms with E-state index >= 15 is 0 Å². The molecule has 3 amide bonds. The van der Waals surface area contributed by atoms with E-state index in [2.05, 4.69) is 16.0 Å². The Bertz CT molecular complexity index is 1610. The van der Waals surface area contributed by atoms with Gasteiger partial charge in [0.15, 0.2) is 0 Å². The summed E-state index contributed by atoms with van der Waals surface area (Å²) in [5.41, 5.74) is 1.36. The van der Waals surface area contributed by atoms with Gasteiger partial charge < -0.3 is 25.4 Å². The minimum atomic E-state index is -0.630. The summed E-state index contributed by atoms with van der Waals surface area (Å²) >= 11 is 1.34. The zero-order valence-corrected chi connectivity index (χ0v) is 24.5. The van der Waals surface area contributed by atoms with Gasteiger partial charge in [0.25, 0.3) is 11.8 Å². The summed E-state index contributed by atoms with van der Waals surface area (Å²) in [5, 5.41) is 7.76. The second-order valence-corrected chi connectivity index (χ2v) is 10.6. The van der Waals surface area contributed by atoms with Crippen LogP contribution >= 0.6 is 11.8 Å². The molecule has 0 saturated heterocycles. The average molecular weight is 600 g/mol. The molecule has 8 nitrogen and oxygen atoms in total. The van der Waals surface area contributed by atoms with Gasteiger partial charge in [0, 0.05) is 45.6 Å². The molecule has 0 heterocycles. The topological polar surface area (TPSA) is 106 Å². The monoisotopic (exact) mass is 599 g/mol. The number of carbonyl (C=O) groups excluding carboxylic acids is 3. The smallest absolute Gasteiger partial charge is 0.272 e. The first kappa shape index (κ1) is 30.9. The van der Waals surface area contributed by atoms with Crippen LogP contribution in [0, 0.1) is 5.82 Å². The zero-order chi connectivity index (χ0) is 30.8. The van der Waals surface area contributed by atoms with Gasteiger partial charge in [-0.1, -0.05) is 36.4 Å². The number of rotatable bonds is 11. The Balaban J connectivity index is 1.43. The van der Waals surface area contributed by atoms with Crippen molar-refractivity contribution in [2.75, 3.05) is 24.9 Å². The Morgan fingerprint density at radius 2 is 1.42 bits per heavy atom. The molecule has 1 unspecified atom stereocenters. The highest BCUT2D eigenvalue weighted by atomic mass is 32.2. The number of carbonyl (C=O) groups is 3. The van der Waals surface area contributed by atoms with Gasteiger partial charge in [-0.3, -0.25) is 14.4 Å². The van der Waals surface area contributed by atoms with Gasteiger partial charge >= 0.3 is 0 Å². The van der Waals surface area contributed by atoms with Crippen molar-refractivity contribution in [2.45, 2.75) is 17.1 Å². The van der Waals surface area contributed by atoms with Crippen molar-refractivity contribution in [3.05, 3.63) is 120 Å². The fraction of sp³-hybridized carbons (Fsp3) is 0.121. The Morgan fingerprint density at radius 3 is 2.05 bits per heavy atom. The normalized spacial score (nSPS) is 11.7. The minimum Gasteiger partial charge on any atom is -0.497 e. The maximum Gasteiger partial charge on any atom is 0.272 e. The van der Waals surface area contributed by atoms with Crippen molar-refractivity contribution in [3.63, 3.8) is 0 Å². The van der Waals surface area contributed by atoms with Gasteiger partial charge in [0.1, 0.15) is 23.0 Å². The van der Waals surface area contributed by atoms with Crippen molar-refractivity contribution in [3.8, 4) is 11.5 Å². The number of hydrogen-bond acceptors (Lipinski definition) is 6. The first-order valence-electron chi connectivity index (χ1n) is 13.2. The third kappa shape index (κ3) is 8.70. The molecule has 1 atom stereocenters. The van der Waals surface area contributed by atoms with E-state index in [1.54, 1.807) is 85.8 Å². The van der Waals surface area contributed by atoms with Crippen molar-refractivity contribution in [1.29, 1.82) is 0 Å². The molecule has 0 bridgehead atoms. The molecule has 0 fully saturated rings. The van der Waals surface area contributed by atoms with Crippen LogP contribution in [-0.2, 0) is 9.59 Å². The van der Waals surface area contributed by atoms with Crippen LogP contribution in [0.25, 0.3) is 6.08 Å². The number of thioether (sulfide) groups is 1. The molecular formula is C33H30FN3O5S. The summed E-state index contributed by atoms with van der Waals surface area (Å²) in [7, 11) is 3.07. The van der Waals surface area contributed by atoms with Gasteiger partial charge in [-0.2, -0.15) is 0 Å². The first-order valence-corrected chi connectivity index (χ1v) is 14.1.